The number of nitrogens with one attached hydrogen (secondary N) is 1. The van der Waals surface area contributed by atoms with Gasteiger partial charge in [-0.05, 0) is 24.5 Å². The second kappa shape index (κ2) is 6.75. The molecular formula is C15H18ClNO3. The first-order valence-electron chi connectivity index (χ1n) is 6.83. The van der Waals surface area contributed by atoms with E-state index in [1.807, 2.05) is 18.2 Å². The summed E-state index contributed by atoms with van der Waals surface area (Å²) >= 11 is 6.03. The molecular weight excluding hydrogens is 278 g/mol. The Balaban J connectivity index is 1.97. The first kappa shape index (κ1) is 14.9. The molecule has 2 rings (SSSR count). The molecule has 0 unspecified atom stereocenters. The van der Waals surface area contributed by atoms with Crippen molar-refractivity contribution in [3.05, 3.63) is 34.9 Å². The summed E-state index contributed by atoms with van der Waals surface area (Å²) in [4.78, 5) is 23.4. The number of amides is 1. The minimum absolute atomic E-state index is 0.183. The summed E-state index contributed by atoms with van der Waals surface area (Å²) in [7, 11) is 0. The van der Waals surface area contributed by atoms with Crippen molar-refractivity contribution >= 4 is 23.5 Å². The minimum atomic E-state index is -0.873. The van der Waals surface area contributed by atoms with E-state index in [0.717, 1.165) is 18.4 Å². The summed E-state index contributed by atoms with van der Waals surface area (Å²) in [6.07, 6.45) is 3.02. The molecule has 0 bridgehead atoms. The van der Waals surface area contributed by atoms with Gasteiger partial charge in [0.15, 0.2) is 0 Å². The Morgan fingerprint density at radius 3 is 2.50 bits per heavy atom. The second-order valence-electron chi connectivity index (χ2n) is 5.14. The monoisotopic (exact) mass is 295 g/mol. The van der Waals surface area contributed by atoms with Gasteiger partial charge < -0.3 is 10.4 Å². The number of hydrogen-bond donors (Lipinski definition) is 2. The van der Waals surface area contributed by atoms with Crippen molar-refractivity contribution in [1.82, 2.24) is 5.32 Å². The first-order valence-corrected chi connectivity index (χ1v) is 7.21. The Kier molecular flexibility index (Phi) is 5.01. The molecule has 5 heteroatoms. The van der Waals surface area contributed by atoms with Crippen molar-refractivity contribution in [2.45, 2.75) is 32.2 Å². The molecule has 0 spiro atoms. The minimum Gasteiger partial charge on any atom is -0.481 e. The molecule has 0 radical (unpaired) electrons. The molecule has 2 atom stereocenters. The van der Waals surface area contributed by atoms with Gasteiger partial charge in [0.25, 0.3) is 0 Å². The predicted molar refractivity (Wildman–Crippen MR) is 76.4 cm³/mol. The van der Waals surface area contributed by atoms with Crippen LogP contribution in [-0.2, 0) is 16.1 Å². The highest BCUT2D eigenvalue weighted by molar-refractivity contribution is 6.31. The topological polar surface area (TPSA) is 66.4 Å². The Morgan fingerprint density at radius 2 is 1.85 bits per heavy atom. The molecule has 1 fully saturated rings. The predicted octanol–water partition coefficient (Wildman–Crippen LogP) is 2.85. The number of aliphatic carboxylic acids is 1. The summed E-state index contributed by atoms with van der Waals surface area (Å²) in [6, 6.07) is 7.30. The fraction of sp³-hybridized carbons (Fsp3) is 0.467. The third-order valence-electron chi connectivity index (χ3n) is 3.83. The number of hydrogen-bond acceptors (Lipinski definition) is 2. The Hall–Kier alpha value is -1.55. The lowest BCUT2D eigenvalue weighted by atomic mass is 9.78. The molecule has 4 nitrogen and oxygen atoms in total. The lowest BCUT2D eigenvalue weighted by Gasteiger charge is -2.27. The first-order chi connectivity index (χ1) is 9.59. The smallest absolute Gasteiger partial charge is 0.307 e. The average molecular weight is 296 g/mol. The van der Waals surface area contributed by atoms with Crippen LogP contribution in [0.15, 0.2) is 24.3 Å². The largest absolute Gasteiger partial charge is 0.481 e. The van der Waals surface area contributed by atoms with Crippen LogP contribution in [0.25, 0.3) is 0 Å². The molecule has 1 aromatic carbocycles. The van der Waals surface area contributed by atoms with Gasteiger partial charge in [-0.1, -0.05) is 42.6 Å². The maximum atomic E-state index is 12.2. The molecule has 0 saturated heterocycles. The van der Waals surface area contributed by atoms with Crippen molar-refractivity contribution in [3.63, 3.8) is 0 Å². The van der Waals surface area contributed by atoms with Crippen LogP contribution in [0.5, 0.6) is 0 Å². The Morgan fingerprint density at radius 1 is 1.20 bits per heavy atom. The Labute approximate surface area is 123 Å². The zero-order chi connectivity index (χ0) is 14.5. The molecule has 1 aliphatic carbocycles. The zero-order valence-corrected chi connectivity index (χ0v) is 11.9. The maximum absolute atomic E-state index is 12.2. The number of halogens is 1. The molecule has 0 aliphatic heterocycles. The van der Waals surface area contributed by atoms with Gasteiger partial charge in [0.05, 0.1) is 11.8 Å². The summed E-state index contributed by atoms with van der Waals surface area (Å²) in [5, 5.41) is 12.6. The number of carbonyl (C=O) groups is 2. The van der Waals surface area contributed by atoms with Crippen molar-refractivity contribution in [2.75, 3.05) is 0 Å². The molecule has 108 valence electrons. The fourth-order valence-corrected chi connectivity index (χ4v) is 2.90. The van der Waals surface area contributed by atoms with Crippen LogP contribution in [0.3, 0.4) is 0 Å². The van der Waals surface area contributed by atoms with Gasteiger partial charge in [-0.2, -0.15) is 0 Å². The number of benzene rings is 1. The highest BCUT2D eigenvalue weighted by Gasteiger charge is 2.35. The van der Waals surface area contributed by atoms with Crippen molar-refractivity contribution in [2.24, 2.45) is 11.8 Å². The van der Waals surface area contributed by atoms with Crippen LogP contribution in [-0.4, -0.2) is 17.0 Å². The number of carbonyl (C=O) groups excluding carboxylic acids is 1. The van der Waals surface area contributed by atoms with Gasteiger partial charge in [-0.25, -0.2) is 0 Å². The normalized spacial score (nSPS) is 22.2. The van der Waals surface area contributed by atoms with Gasteiger partial charge >= 0.3 is 5.97 Å². The molecule has 1 aliphatic rings. The average Bonchev–Trinajstić information content (AvgIpc) is 2.46. The van der Waals surface area contributed by atoms with Gasteiger partial charge in [0.2, 0.25) is 5.91 Å². The highest BCUT2D eigenvalue weighted by atomic mass is 35.5. The molecule has 1 amide bonds. The van der Waals surface area contributed by atoms with Crippen molar-refractivity contribution in [1.29, 1.82) is 0 Å². The second-order valence-corrected chi connectivity index (χ2v) is 5.55. The van der Waals surface area contributed by atoms with E-state index in [1.165, 1.54) is 0 Å². The zero-order valence-electron chi connectivity index (χ0n) is 11.1. The number of carboxylic acid groups (broad SMARTS) is 1. The molecule has 1 saturated carbocycles. The van der Waals surface area contributed by atoms with Crippen LogP contribution in [0.2, 0.25) is 5.02 Å². The summed E-state index contributed by atoms with van der Waals surface area (Å²) < 4.78 is 0. The van der Waals surface area contributed by atoms with E-state index in [-0.39, 0.29) is 5.91 Å². The molecule has 20 heavy (non-hydrogen) atoms. The van der Waals surface area contributed by atoms with Crippen LogP contribution in [0.1, 0.15) is 31.2 Å². The molecule has 0 aromatic heterocycles. The van der Waals surface area contributed by atoms with E-state index in [9.17, 15) is 14.7 Å². The van der Waals surface area contributed by atoms with E-state index in [2.05, 4.69) is 5.32 Å². The third-order valence-corrected chi connectivity index (χ3v) is 4.20. The van der Waals surface area contributed by atoms with E-state index in [1.54, 1.807) is 6.07 Å². The van der Waals surface area contributed by atoms with Gasteiger partial charge in [0, 0.05) is 11.6 Å². The van der Waals surface area contributed by atoms with E-state index < -0.39 is 17.8 Å². The summed E-state index contributed by atoms with van der Waals surface area (Å²) in [6.45, 7) is 0.335. The quantitative estimate of drug-likeness (QED) is 0.897. The van der Waals surface area contributed by atoms with Crippen LogP contribution in [0, 0.1) is 11.8 Å². The lowest BCUT2D eigenvalue weighted by Crippen LogP contribution is -2.39. The molecule has 1 aromatic rings. The van der Waals surface area contributed by atoms with Gasteiger partial charge in [-0.3, -0.25) is 9.59 Å². The number of rotatable bonds is 4. The standard InChI is InChI=1S/C15H18ClNO3/c16-13-8-4-1-5-10(13)9-17-14(18)11-6-2-3-7-12(11)15(19)20/h1,4-5,8,11-12H,2-3,6-7,9H2,(H,17,18)(H,19,20)/t11-,12-/m1/s1. The third kappa shape index (κ3) is 3.51. The van der Waals surface area contributed by atoms with Crippen LogP contribution < -0.4 is 5.32 Å². The van der Waals surface area contributed by atoms with E-state index >= 15 is 0 Å². The van der Waals surface area contributed by atoms with Crippen LogP contribution in [0.4, 0.5) is 0 Å². The SMILES string of the molecule is O=C(O)[C@@H]1CCCC[C@H]1C(=O)NCc1ccccc1Cl. The fourth-order valence-electron chi connectivity index (χ4n) is 2.70. The van der Waals surface area contributed by atoms with Crippen molar-refractivity contribution < 1.29 is 14.7 Å². The highest BCUT2D eigenvalue weighted by Crippen LogP contribution is 2.30. The summed E-state index contributed by atoms with van der Waals surface area (Å²) in [5.74, 6) is -2.04. The van der Waals surface area contributed by atoms with E-state index in [4.69, 9.17) is 11.6 Å². The van der Waals surface area contributed by atoms with Crippen molar-refractivity contribution in [3.8, 4) is 0 Å². The molecule has 0 heterocycles. The lowest BCUT2D eigenvalue weighted by molar-refractivity contribution is -0.148. The Bertz CT molecular complexity index is 504. The van der Waals surface area contributed by atoms with Gasteiger partial charge in [-0.15, -0.1) is 0 Å². The molecule has 2 N–H and O–H groups in total. The maximum Gasteiger partial charge on any atom is 0.307 e. The number of carboxylic acids is 1. The summed E-state index contributed by atoms with van der Waals surface area (Å²) in [5.41, 5.74) is 0.838. The van der Waals surface area contributed by atoms with E-state index in [0.29, 0.717) is 24.4 Å². The van der Waals surface area contributed by atoms with Gasteiger partial charge in [0.1, 0.15) is 0 Å². The van der Waals surface area contributed by atoms with Crippen LogP contribution >= 0.6 is 11.6 Å².